The quantitative estimate of drug-likeness (QED) is 0.489. The zero-order chi connectivity index (χ0) is 20.4. The Balaban J connectivity index is 1.73. The Morgan fingerprint density at radius 3 is 2.03 bits per heavy atom. The molecular weight excluding hydrogens is 372 g/mol. The van der Waals surface area contributed by atoms with E-state index in [1.165, 1.54) is 24.3 Å². The van der Waals surface area contributed by atoms with Crippen LogP contribution in [0.2, 0.25) is 0 Å². The summed E-state index contributed by atoms with van der Waals surface area (Å²) in [5, 5.41) is 25.3. The normalized spacial score (nSPS) is 15.4. The number of nitro groups is 2. The Bertz CT molecular complexity index is 1110. The summed E-state index contributed by atoms with van der Waals surface area (Å²) in [5.41, 5.74) is 4.14. The molecule has 8 heteroatoms. The third kappa shape index (κ3) is 3.81. The summed E-state index contributed by atoms with van der Waals surface area (Å²) in [5.74, 6) is 0. The fraction of sp³-hybridized carbons (Fsp3) is 0.0952. The highest BCUT2D eigenvalue weighted by molar-refractivity contribution is 6.04. The molecule has 0 aromatic heterocycles. The van der Waals surface area contributed by atoms with Crippen LogP contribution < -0.4 is 5.32 Å². The van der Waals surface area contributed by atoms with Crippen molar-refractivity contribution < 1.29 is 9.85 Å². The number of non-ortho nitro benzene ring substituents is 2. The first-order valence-electron chi connectivity index (χ1n) is 8.93. The number of nitro benzene ring substituents is 2. The van der Waals surface area contributed by atoms with E-state index < -0.39 is 9.85 Å². The molecule has 3 aromatic carbocycles. The number of fused-ring (bicyclic) bond motifs is 1. The van der Waals surface area contributed by atoms with E-state index in [9.17, 15) is 20.2 Å². The summed E-state index contributed by atoms with van der Waals surface area (Å²) >= 11 is 0. The topological polar surface area (TPSA) is 111 Å². The summed E-state index contributed by atoms with van der Waals surface area (Å²) in [7, 11) is 0. The second-order valence-electron chi connectivity index (χ2n) is 6.63. The van der Waals surface area contributed by atoms with E-state index >= 15 is 0 Å². The number of hydrogen-bond donors (Lipinski definition) is 1. The van der Waals surface area contributed by atoms with E-state index in [2.05, 4.69) is 5.32 Å². The zero-order valence-electron chi connectivity index (χ0n) is 15.2. The smallest absolute Gasteiger partial charge is 0.269 e. The molecule has 0 radical (unpaired) electrons. The maximum Gasteiger partial charge on any atom is 0.269 e. The van der Waals surface area contributed by atoms with E-state index in [0.29, 0.717) is 6.42 Å². The predicted molar refractivity (Wildman–Crippen MR) is 110 cm³/mol. The summed E-state index contributed by atoms with van der Waals surface area (Å²) in [6, 6.07) is 20.2. The molecule has 0 fully saturated rings. The number of hydrogen-bond acceptors (Lipinski definition) is 6. The highest BCUT2D eigenvalue weighted by atomic mass is 16.6. The fourth-order valence-electron chi connectivity index (χ4n) is 3.30. The maximum absolute atomic E-state index is 10.9. The number of para-hydroxylation sites is 2. The number of benzene rings is 3. The zero-order valence-corrected chi connectivity index (χ0v) is 15.2. The van der Waals surface area contributed by atoms with Gasteiger partial charge in [-0.2, -0.15) is 0 Å². The molecule has 1 aliphatic heterocycles. The van der Waals surface area contributed by atoms with Crippen LogP contribution in [0.15, 0.2) is 77.8 Å². The molecule has 0 amide bonds. The van der Waals surface area contributed by atoms with Crippen molar-refractivity contribution in [3.05, 3.63) is 104 Å². The number of nitrogens with one attached hydrogen (secondary N) is 1. The van der Waals surface area contributed by atoms with E-state index in [-0.39, 0.29) is 17.4 Å². The lowest BCUT2D eigenvalue weighted by Crippen LogP contribution is -2.14. The summed E-state index contributed by atoms with van der Waals surface area (Å²) < 4.78 is 0. The van der Waals surface area contributed by atoms with Crippen molar-refractivity contribution in [3.63, 3.8) is 0 Å². The Hall–Kier alpha value is -4.07. The average Bonchev–Trinajstić information content (AvgIpc) is 2.93. The van der Waals surface area contributed by atoms with Crippen molar-refractivity contribution in [3.8, 4) is 0 Å². The average molecular weight is 388 g/mol. The Labute approximate surface area is 165 Å². The van der Waals surface area contributed by atoms with Crippen LogP contribution in [0.1, 0.15) is 23.6 Å². The van der Waals surface area contributed by atoms with Gasteiger partial charge in [0.25, 0.3) is 11.4 Å². The first-order valence-corrected chi connectivity index (χ1v) is 8.93. The molecule has 29 heavy (non-hydrogen) atoms. The first-order chi connectivity index (χ1) is 14.0. The lowest BCUT2D eigenvalue weighted by Gasteiger charge is -2.19. The van der Waals surface area contributed by atoms with Crippen LogP contribution >= 0.6 is 0 Å². The van der Waals surface area contributed by atoms with Crippen molar-refractivity contribution in [1.82, 2.24) is 0 Å². The van der Waals surface area contributed by atoms with Gasteiger partial charge in [0.15, 0.2) is 0 Å². The van der Waals surface area contributed by atoms with Crippen LogP contribution in [0.25, 0.3) is 0 Å². The van der Waals surface area contributed by atoms with Crippen LogP contribution in [0.4, 0.5) is 22.7 Å². The molecule has 0 bridgehead atoms. The largest absolute Gasteiger partial charge is 0.376 e. The van der Waals surface area contributed by atoms with Gasteiger partial charge < -0.3 is 5.32 Å². The second-order valence-corrected chi connectivity index (χ2v) is 6.63. The minimum absolute atomic E-state index is 0.0217. The molecule has 1 N–H and O–H groups in total. The van der Waals surface area contributed by atoms with Gasteiger partial charge in [-0.15, -0.1) is 0 Å². The fourth-order valence-corrected chi connectivity index (χ4v) is 3.30. The third-order valence-electron chi connectivity index (χ3n) is 4.80. The summed E-state index contributed by atoms with van der Waals surface area (Å²) in [6.45, 7) is 0. The van der Waals surface area contributed by atoms with Crippen LogP contribution in [0, 0.1) is 20.2 Å². The molecule has 1 atom stereocenters. The maximum atomic E-state index is 10.9. The molecule has 0 aliphatic carbocycles. The van der Waals surface area contributed by atoms with Crippen molar-refractivity contribution in [2.45, 2.75) is 12.5 Å². The third-order valence-corrected chi connectivity index (χ3v) is 4.80. The lowest BCUT2D eigenvalue weighted by atomic mass is 9.97. The van der Waals surface area contributed by atoms with Gasteiger partial charge in [-0.1, -0.05) is 24.3 Å². The van der Waals surface area contributed by atoms with E-state index in [1.54, 1.807) is 24.3 Å². The second kappa shape index (κ2) is 7.51. The molecule has 1 heterocycles. The first kappa shape index (κ1) is 18.3. The highest BCUT2D eigenvalue weighted by Crippen LogP contribution is 2.35. The van der Waals surface area contributed by atoms with Crippen LogP contribution in [-0.2, 0) is 0 Å². The standard InChI is InChI=1S/C21H16N4O4/c26-24(27)16-9-5-14(6-10-16)20-13-21(15-7-11-17(12-8-15)25(28)29)23-19-4-2-1-3-18(19)22-20/h1-12,20,22H,13H2/t20-/m1/s1. The predicted octanol–water partition coefficient (Wildman–Crippen LogP) is 5.18. The number of rotatable bonds is 4. The van der Waals surface area contributed by atoms with Gasteiger partial charge in [0, 0.05) is 30.7 Å². The van der Waals surface area contributed by atoms with E-state index in [0.717, 1.165) is 28.2 Å². The van der Waals surface area contributed by atoms with Gasteiger partial charge in [0.05, 0.1) is 33.0 Å². The monoisotopic (exact) mass is 388 g/mol. The van der Waals surface area contributed by atoms with Crippen molar-refractivity contribution in [2.75, 3.05) is 5.32 Å². The molecule has 4 rings (SSSR count). The molecular formula is C21H16N4O4. The molecule has 1 aliphatic rings. The Kier molecular flexibility index (Phi) is 4.74. The Morgan fingerprint density at radius 1 is 0.828 bits per heavy atom. The minimum atomic E-state index is -0.435. The summed E-state index contributed by atoms with van der Waals surface area (Å²) in [4.78, 5) is 25.8. The van der Waals surface area contributed by atoms with Gasteiger partial charge >= 0.3 is 0 Å². The molecule has 0 saturated carbocycles. The van der Waals surface area contributed by atoms with Crippen LogP contribution in [0.5, 0.6) is 0 Å². The van der Waals surface area contributed by atoms with Gasteiger partial charge in [0.2, 0.25) is 0 Å². The molecule has 0 unspecified atom stereocenters. The molecule has 0 saturated heterocycles. The van der Waals surface area contributed by atoms with Gasteiger partial charge in [-0.25, -0.2) is 0 Å². The van der Waals surface area contributed by atoms with E-state index in [1.807, 2.05) is 24.3 Å². The van der Waals surface area contributed by atoms with Gasteiger partial charge in [-0.05, 0) is 35.4 Å². The number of anilines is 1. The van der Waals surface area contributed by atoms with Crippen molar-refractivity contribution in [1.29, 1.82) is 0 Å². The highest BCUT2D eigenvalue weighted by Gasteiger charge is 2.22. The molecule has 3 aromatic rings. The molecule has 144 valence electrons. The number of nitrogens with zero attached hydrogens (tertiary/aromatic N) is 3. The Morgan fingerprint density at radius 2 is 1.41 bits per heavy atom. The lowest BCUT2D eigenvalue weighted by molar-refractivity contribution is -0.385. The van der Waals surface area contributed by atoms with Crippen molar-refractivity contribution >= 4 is 28.5 Å². The van der Waals surface area contributed by atoms with Gasteiger partial charge in [0.1, 0.15) is 0 Å². The van der Waals surface area contributed by atoms with Crippen molar-refractivity contribution in [2.24, 2.45) is 4.99 Å². The van der Waals surface area contributed by atoms with Crippen LogP contribution in [-0.4, -0.2) is 15.6 Å². The minimum Gasteiger partial charge on any atom is -0.376 e. The molecule has 0 spiro atoms. The molecule has 8 nitrogen and oxygen atoms in total. The number of aliphatic imine (C=N–C) groups is 1. The summed E-state index contributed by atoms with van der Waals surface area (Å²) in [6.07, 6.45) is 0.518. The van der Waals surface area contributed by atoms with Crippen LogP contribution in [0.3, 0.4) is 0 Å². The van der Waals surface area contributed by atoms with Gasteiger partial charge in [-0.3, -0.25) is 25.2 Å². The SMILES string of the molecule is O=[N+]([O-])c1ccc(C2=Nc3ccccc3N[C@@H](c3ccc([N+](=O)[O-])cc3)C2)cc1. The van der Waals surface area contributed by atoms with E-state index in [4.69, 9.17) is 4.99 Å².